The third-order valence-electron chi connectivity index (χ3n) is 2.12. The Balaban J connectivity index is 3.16. The third-order valence-corrected chi connectivity index (χ3v) is 3.93. The van der Waals surface area contributed by atoms with Gasteiger partial charge in [0.1, 0.15) is 16.7 Å². The molecule has 0 saturated heterocycles. The normalized spacial score (nSPS) is 13.1. The average molecular weight is 294 g/mol. The van der Waals surface area contributed by atoms with Crippen LogP contribution in [0.15, 0.2) is 23.1 Å². The maximum absolute atomic E-state index is 11.9. The van der Waals surface area contributed by atoms with Crippen molar-refractivity contribution in [2.45, 2.75) is 17.9 Å². The first-order valence-electron chi connectivity index (χ1n) is 4.86. The standard InChI is InChI=1S/C10H12ClNO5S/c1-6(10(13)14)12-18(15,16)9-4-3-7(11)5-8(9)17-2/h3-6,12H,1-2H3,(H,13,14)/t6-/m0/s1. The van der Waals surface area contributed by atoms with Crippen LogP contribution in [-0.2, 0) is 14.8 Å². The predicted molar refractivity (Wildman–Crippen MR) is 65.4 cm³/mol. The molecule has 8 heteroatoms. The fourth-order valence-corrected chi connectivity index (χ4v) is 2.72. The molecular formula is C10H12ClNO5S. The van der Waals surface area contributed by atoms with Crippen LogP contribution in [0.5, 0.6) is 5.75 Å². The molecular weight excluding hydrogens is 282 g/mol. The molecule has 1 aromatic carbocycles. The molecule has 18 heavy (non-hydrogen) atoms. The summed E-state index contributed by atoms with van der Waals surface area (Å²) in [4.78, 5) is 10.5. The Morgan fingerprint density at radius 2 is 2.11 bits per heavy atom. The minimum atomic E-state index is -3.98. The van der Waals surface area contributed by atoms with Crippen LogP contribution < -0.4 is 9.46 Å². The van der Waals surface area contributed by atoms with Crippen molar-refractivity contribution >= 4 is 27.6 Å². The van der Waals surface area contributed by atoms with Crippen LogP contribution in [-0.4, -0.2) is 32.6 Å². The predicted octanol–water partition coefficient (Wildman–Crippen LogP) is 1.10. The van der Waals surface area contributed by atoms with Crippen LogP contribution in [0.3, 0.4) is 0 Å². The summed E-state index contributed by atoms with van der Waals surface area (Å²) in [5.41, 5.74) is 0. The Bertz CT molecular complexity index is 557. The molecule has 0 aliphatic carbocycles. The number of hydrogen-bond donors (Lipinski definition) is 2. The highest BCUT2D eigenvalue weighted by molar-refractivity contribution is 7.89. The topological polar surface area (TPSA) is 92.7 Å². The van der Waals surface area contributed by atoms with Crippen molar-refractivity contribution in [3.8, 4) is 5.75 Å². The van der Waals surface area contributed by atoms with Crippen molar-refractivity contribution in [3.05, 3.63) is 23.2 Å². The van der Waals surface area contributed by atoms with E-state index in [1.54, 1.807) is 0 Å². The highest BCUT2D eigenvalue weighted by Crippen LogP contribution is 2.27. The van der Waals surface area contributed by atoms with Gasteiger partial charge < -0.3 is 9.84 Å². The number of hydrogen-bond acceptors (Lipinski definition) is 4. The van der Waals surface area contributed by atoms with Crippen LogP contribution in [0.1, 0.15) is 6.92 Å². The number of halogens is 1. The summed E-state index contributed by atoms with van der Waals surface area (Å²) in [7, 11) is -2.68. The van der Waals surface area contributed by atoms with Gasteiger partial charge in [-0.2, -0.15) is 4.72 Å². The van der Waals surface area contributed by atoms with Gasteiger partial charge >= 0.3 is 5.97 Å². The zero-order valence-electron chi connectivity index (χ0n) is 9.68. The monoisotopic (exact) mass is 293 g/mol. The first-order chi connectivity index (χ1) is 8.27. The molecule has 1 aromatic rings. The number of sulfonamides is 1. The molecule has 0 saturated carbocycles. The van der Waals surface area contributed by atoms with Crippen molar-refractivity contribution in [2.75, 3.05) is 7.11 Å². The summed E-state index contributed by atoms with van der Waals surface area (Å²) in [6, 6.07) is 2.72. The maximum Gasteiger partial charge on any atom is 0.321 e. The molecule has 0 unspecified atom stereocenters. The first kappa shape index (κ1) is 14.7. The van der Waals surface area contributed by atoms with E-state index in [1.165, 1.54) is 32.2 Å². The highest BCUT2D eigenvalue weighted by atomic mass is 35.5. The second-order valence-corrected chi connectivity index (χ2v) is 5.60. The van der Waals surface area contributed by atoms with Crippen LogP contribution >= 0.6 is 11.6 Å². The van der Waals surface area contributed by atoms with Gasteiger partial charge in [0.15, 0.2) is 0 Å². The number of carbonyl (C=O) groups is 1. The van der Waals surface area contributed by atoms with E-state index in [1.807, 2.05) is 4.72 Å². The summed E-state index contributed by atoms with van der Waals surface area (Å²) in [6.07, 6.45) is 0. The van der Waals surface area contributed by atoms with E-state index in [0.29, 0.717) is 5.02 Å². The summed E-state index contributed by atoms with van der Waals surface area (Å²) in [5, 5.41) is 9.00. The molecule has 0 amide bonds. The van der Waals surface area contributed by atoms with Gasteiger partial charge in [-0.25, -0.2) is 8.42 Å². The number of benzene rings is 1. The summed E-state index contributed by atoms with van der Waals surface area (Å²) >= 11 is 5.71. The number of methoxy groups -OCH3 is 1. The summed E-state index contributed by atoms with van der Waals surface area (Å²) < 4.78 is 30.8. The van der Waals surface area contributed by atoms with Gasteiger partial charge in [0.25, 0.3) is 0 Å². The molecule has 100 valence electrons. The second kappa shape index (κ2) is 5.55. The minimum Gasteiger partial charge on any atom is -0.495 e. The van der Waals surface area contributed by atoms with Gasteiger partial charge in [0, 0.05) is 11.1 Å². The molecule has 6 nitrogen and oxygen atoms in total. The van der Waals surface area contributed by atoms with Gasteiger partial charge in [0.05, 0.1) is 7.11 Å². The second-order valence-electron chi connectivity index (χ2n) is 3.48. The molecule has 0 aromatic heterocycles. The number of nitrogens with one attached hydrogen (secondary N) is 1. The van der Waals surface area contributed by atoms with Crippen LogP contribution in [0.25, 0.3) is 0 Å². The lowest BCUT2D eigenvalue weighted by molar-refractivity contribution is -0.138. The molecule has 2 N–H and O–H groups in total. The summed E-state index contributed by atoms with van der Waals surface area (Å²) in [6.45, 7) is 1.22. The van der Waals surface area contributed by atoms with E-state index in [9.17, 15) is 13.2 Å². The number of aliphatic carboxylic acids is 1. The van der Waals surface area contributed by atoms with E-state index >= 15 is 0 Å². The van der Waals surface area contributed by atoms with Crippen LogP contribution in [0, 0.1) is 0 Å². The molecule has 0 spiro atoms. The molecule has 1 atom stereocenters. The Morgan fingerprint density at radius 3 is 2.61 bits per heavy atom. The molecule has 1 rings (SSSR count). The lowest BCUT2D eigenvalue weighted by Crippen LogP contribution is -2.38. The number of carboxylic acid groups (broad SMARTS) is 1. The molecule has 0 bridgehead atoms. The molecule has 0 aliphatic heterocycles. The fourth-order valence-electron chi connectivity index (χ4n) is 1.21. The van der Waals surface area contributed by atoms with Gasteiger partial charge in [0.2, 0.25) is 10.0 Å². The molecule has 0 heterocycles. The van der Waals surface area contributed by atoms with Gasteiger partial charge in [-0.05, 0) is 19.1 Å². The fraction of sp³-hybridized carbons (Fsp3) is 0.300. The lowest BCUT2D eigenvalue weighted by atomic mass is 10.3. The van der Waals surface area contributed by atoms with Crippen LogP contribution in [0.2, 0.25) is 5.02 Å². The Hall–Kier alpha value is -1.31. The zero-order chi connectivity index (χ0) is 13.9. The van der Waals surface area contributed by atoms with E-state index in [-0.39, 0.29) is 10.6 Å². The first-order valence-corrected chi connectivity index (χ1v) is 6.72. The van der Waals surface area contributed by atoms with Crippen LogP contribution in [0.4, 0.5) is 0 Å². The largest absolute Gasteiger partial charge is 0.495 e. The van der Waals surface area contributed by atoms with Crippen molar-refractivity contribution in [2.24, 2.45) is 0 Å². The lowest BCUT2D eigenvalue weighted by Gasteiger charge is -2.13. The van der Waals surface area contributed by atoms with E-state index in [0.717, 1.165) is 0 Å². The highest BCUT2D eigenvalue weighted by Gasteiger charge is 2.24. The Labute approximate surface area is 110 Å². The summed E-state index contributed by atoms with van der Waals surface area (Å²) in [5.74, 6) is -1.22. The zero-order valence-corrected chi connectivity index (χ0v) is 11.2. The smallest absolute Gasteiger partial charge is 0.321 e. The van der Waals surface area contributed by atoms with Gasteiger partial charge in [-0.15, -0.1) is 0 Å². The van der Waals surface area contributed by atoms with E-state index < -0.39 is 22.0 Å². The molecule has 0 fully saturated rings. The van der Waals surface area contributed by atoms with Crippen molar-refractivity contribution in [1.29, 1.82) is 0 Å². The number of ether oxygens (including phenoxy) is 1. The number of carboxylic acids is 1. The Morgan fingerprint density at radius 1 is 1.50 bits per heavy atom. The van der Waals surface area contributed by atoms with Crippen molar-refractivity contribution < 1.29 is 23.1 Å². The molecule has 0 aliphatic rings. The van der Waals surface area contributed by atoms with Crippen molar-refractivity contribution in [1.82, 2.24) is 4.72 Å². The Kier molecular flexibility index (Phi) is 4.55. The average Bonchev–Trinajstić information content (AvgIpc) is 2.27. The SMILES string of the molecule is COc1cc(Cl)ccc1S(=O)(=O)N[C@@H](C)C(=O)O. The molecule has 0 radical (unpaired) electrons. The van der Waals surface area contributed by atoms with E-state index in [4.69, 9.17) is 21.4 Å². The number of rotatable bonds is 5. The van der Waals surface area contributed by atoms with Crippen molar-refractivity contribution in [3.63, 3.8) is 0 Å². The maximum atomic E-state index is 11.9. The van der Waals surface area contributed by atoms with Gasteiger partial charge in [-0.3, -0.25) is 4.79 Å². The third kappa shape index (κ3) is 3.34. The quantitative estimate of drug-likeness (QED) is 0.848. The minimum absolute atomic E-state index is 0.0487. The van der Waals surface area contributed by atoms with Gasteiger partial charge in [-0.1, -0.05) is 11.6 Å². The van der Waals surface area contributed by atoms with E-state index in [2.05, 4.69) is 0 Å².